The standard InChI is InChI=1S/C10H4F5NO2S/c11-8(12)4-1-2-6(19-10(13,14)15)5(3-16)7(4)9(17)18/h1-2,8H,(H,17,18). The van der Waals surface area contributed by atoms with E-state index in [4.69, 9.17) is 10.4 Å². The Kier molecular flexibility index (Phi) is 4.36. The molecule has 0 fully saturated rings. The van der Waals surface area contributed by atoms with Crippen molar-refractivity contribution in [1.82, 2.24) is 0 Å². The van der Waals surface area contributed by atoms with Crippen molar-refractivity contribution in [3.63, 3.8) is 0 Å². The van der Waals surface area contributed by atoms with Crippen molar-refractivity contribution >= 4 is 17.7 Å². The van der Waals surface area contributed by atoms with E-state index in [1.165, 1.54) is 6.07 Å². The van der Waals surface area contributed by atoms with Gasteiger partial charge < -0.3 is 5.11 Å². The second kappa shape index (κ2) is 5.44. The van der Waals surface area contributed by atoms with E-state index in [0.29, 0.717) is 12.1 Å². The fourth-order valence-corrected chi connectivity index (χ4v) is 1.97. The summed E-state index contributed by atoms with van der Waals surface area (Å²) in [6.45, 7) is 0. The number of hydrogen-bond donors (Lipinski definition) is 1. The molecule has 1 rings (SSSR count). The fraction of sp³-hybridized carbons (Fsp3) is 0.200. The van der Waals surface area contributed by atoms with Gasteiger partial charge in [0.1, 0.15) is 6.07 Å². The minimum Gasteiger partial charge on any atom is -0.478 e. The lowest BCUT2D eigenvalue weighted by atomic mass is 10.0. The van der Waals surface area contributed by atoms with Gasteiger partial charge in [0, 0.05) is 10.5 Å². The molecule has 0 heterocycles. The number of benzene rings is 1. The smallest absolute Gasteiger partial charge is 0.446 e. The zero-order chi connectivity index (χ0) is 14.8. The molecule has 0 bridgehead atoms. The van der Waals surface area contributed by atoms with Crippen molar-refractivity contribution in [2.24, 2.45) is 0 Å². The maximum Gasteiger partial charge on any atom is 0.446 e. The van der Waals surface area contributed by atoms with E-state index in [1.807, 2.05) is 0 Å². The summed E-state index contributed by atoms with van der Waals surface area (Å²) in [7, 11) is 0. The van der Waals surface area contributed by atoms with E-state index in [0.717, 1.165) is 0 Å². The summed E-state index contributed by atoms with van der Waals surface area (Å²) >= 11 is -0.727. The van der Waals surface area contributed by atoms with Gasteiger partial charge in [0.2, 0.25) is 0 Å². The van der Waals surface area contributed by atoms with Gasteiger partial charge in [-0.3, -0.25) is 0 Å². The average Bonchev–Trinajstić information content (AvgIpc) is 2.25. The van der Waals surface area contributed by atoms with Crippen LogP contribution >= 0.6 is 11.8 Å². The minimum atomic E-state index is -4.76. The van der Waals surface area contributed by atoms with Gasteiger partial charge in [-0.25, -0.2) is 13.6 Å². The predicted molar refractivity (Wildman–Crippen MR) is 55.0 cm³/mol. The number of carbonyl (C=O) groups is 1. The topological polar surface area (TPSA) is 61.1 Å². The lowest BCUT2D eigenvalue weighted by Gasteiger charge is -2.12. The Morgan fingerprint density at radius 2 is 1.95 bits per heavy atom. The number of halogens is 5. The highest BCUT2D eigenvalue weighted by atomic mass is 32.2. The van der Waals surface area contributed by atoms with Gasteiger partial charge >= 0.3 is 11.5 Å². The van der Waals surface area contributed by atoms with Crippen LogP contribution in [0.1, 0.15) is 27.9 Å². The molecule has 0 spiro atoms. The molecule has 0 atom stereocenters. The summed E-state index contributed by atoms with van der Waals surface area (Å²) in [4.78, 5) is 10.1. The molecule has 0 aliphatic carbocycles. The first-order valence-electron chi connectivity index (χ1n) is 4.51. The molecule has 1 N–H and O–H groups in total. The molecule has 0 amide bonds. The van der Waals surface area contributed by atoms with Gasteiger partial charge in [-0.2, -0.15) is 18.4 Å². The van der Waals surface area contributed by atoms with E-state index in [9.17, 15) is 26.7 Å². The molecule has 0 saturated heterocycles. The molecule has 0 saturated carbocycles. The van der Waals surface area contributed by atoms with Gasteiger partial charge in [-0.15, -0.1) is 0 Å². The first-order chi connectivity index (χ1) is 8.67. The number of carboxylic acid groups (broad SMARTS) is 1. The van der Waals surface area contributed by atoms with Crippen LogP contribution in [0.3, 0.4) is 0 Å². The van der Waals surface area contributed by atoms with Crippen molar-refractivity contribution in [2.45, 2.75) is 16.8 Å². The fourth-order valence-electron chi connectivity index (χ4n) is 1.33. The van der Waals surface area contributed by atoms with Crippen LogP contribution in [0.4, 0.5) is 22.0 Å². The predicted octanol–water partition coefficient (Wildman–Crippen LogP) is 3.81. The largest absolute Gasteiger partial charge is 0.478 e. The number of alkyl halides is 5. The molecular formula is C10H4F5NO2S. The number of rotatable bonds is 3. The van der Waals surface area contributed by atoms with Gasteiger partial charge in [0.25, 0.3) is 6.43 Å². The molecule has 102 valence electrons. The van der Waals surface area contributed by atoms with Crippen molar-refractivity contribution in [1.29, 1.82) is 5.26 Å². The van der Waals surface area contributed by atoms with Crippen molar-refractivity contribution < 1.29 is 31.9 Å². The summed E-state index contributed by atoms with van der Waals surface area (Å²) in [6, 6.07) is 2.46. The normalized spacial score (nSPS) is 11.4. The Labute approximate surface area is 107 Å². The number of thioether (sulfide) groups is 1. The molecule has 1 aromatic carbocycles. The Morgan fingerprint density at radius 3 is 2.32 bits per heavy atom. The van der Waals surface area contributed by atoms with Gasteiger partial charge in [-0.05, 0) is 17.8 Å². The Balaban J connectivity index is 3.51. The van der Waals surface area contributed by atoms with E-state index < -0.39 is 51.3 Å². The lowest BCUT2D eigenvalue weighted by Crippen LogP contribution is -2.09. The van der Waals surface area contributed by atoms with E-state index in [1.54, 1.807) is 0 Å². The van der Waals surface area contributed by atoms with Crippen molar-refractivity contribution in [2.75, 3.05) is 0 Å². The van der Waals surface area contributed by atoms with E-state index in [2.05, 4.69) is 0 Å². The lowest BCUT2D eigenvalue weighted by molar-refractivity contribution is -0.0328. The zero-order valence-electron chi connectivity index (χ0n) is 8.83. The number of aromatic carboxylic acids is 1. The van der Waals surface area contributed by atoms with Crippen LogP contribution in [0.15, 0.2) is 17.0 Å². The SMILES string of the molecule is N#Cc1c(SC(F)(F)F)ccc(C(F)F)c1C(=O)O. The van der Waals surface area contributed by atoms with Gasteiger partial charge in [0.05, 0.1) is 11.1 Å². The van der Waals surface area contributed by atoms with Crippen LogP contribution in [-0.2, 0) is 0 Å². The van der Waals surface area contributed by atoms with Crippen LogP contribution in [-0.4, -0.2) is 16.6 Å². The van der Waals surface area contributed by atoms with Crippen LogP contribution in [0.5, 0.6) is 0 Å². The third-order valence-corrected chi connectivity index (χ3v) is 2.78. The number of nitriles is 1. The first kappa shape index (κ1) is 15.2. The summed E-state index contributed by atoms with van der Waals surface area (Å²) in [5.74, 6) is -1.88. The zero-order valence-corrected chi connectivity index (χ0v) is 9.65. The second-order valence-electron chi connectivity index (χ2n) is 3.17. The Hall–Kier alpha value is -1.82. The summed E-state index contributed by atoms with van der Waals surface area (Å²) in [5, 5.41) is 17.5. The van der Waals surface area contributed by atoms with Crippen molar-refractivity contribution in [3.8, 4) is 6.07 Å². The van der Waals surface area contributed by atoms with E-state index >= 15 is 0 Å². The van der Waals surface area contributed by atoms with Crippen LogP contribution in [0.25, 0.3) is 0 Å². The third kappa shape index (κ3) is 3.57. The highest BCUT2D eigenvalue weighted by Gasteiger charge is 2.33. The minimum absolute atomic E-state index is 0.572. The molecule has 3 nitrogen and oxygen atoms in total. The average molecular weight is 297 g/mol. The molecule has 0 radical (unpaired) electrons. The number of hydrogen-bond acceptors (Lipinski definition) is 3. The molecule has 19 heavy (non-hydrogen) atoms. The highest BCUT2D eigenvalue weighted by Crippen LogP contribution is 2.40. The Bertz CT molecular complexity index is 550. The number of carboxylic acids is 1. The molecule has 0 aliphatic rings. The summed E-state index contributed by atoms with van der Waals surface area (Å²) in [5.41, 5.74) is -7.77. The molecular weight excluding hydrogens is 293 g/mol. The second-order valence-corrected chi connectivity index (χ2v) is 4.28. The monoisotopic (exact) mass is 297 g/mol. The van der Waals surface area contributed by atoms with Crippen molar-refractivity contribution in [3.05, 3.63) is 28.8 Å². The van der Waals surface area contributed by atoms with Gasteiger partial charge in [-0.1, -0.05) is 6.07 Å². The third-order valence-electron chi connectivity index (χ3n) is 1.99. The van der Waals surface area contributed by atoms with Crippen LogP contribution < -0.4 is 0 Å². The maximum atomic E-state index is 12.6. The van der Waals surface area contributed by atoms with E-state index in [-0.39, 0.29) is 0 Å². The Morgan fingerprint density at radius 1 is 1.37 bits per heavy atom. The van der Waals surface area contributed by atoms with Gasteiger partial charge in [0.15, 0.2) is 0 Å². The first-order valence-corrected chi connectivity index (χ1v) is 5.33. The molecule has 0 aromatic heterocycles. The van der Waals surface area contributed by atoms with Crippen LogP contribution in [0.2, 0.25) is 0 Å². The summed E-state index contributed by atoms with van der Waals surface area (Å²) < 4.78 is 61.8. The summed E-state index contributed by atoms with van der Waals surface area (Å²) in [6.07, 6.45) is -3.21. The maximum absolute atomic E-state index is 12.6. The highest BCUT2D eigenvalue weighted by molar-refractivity contribution is 8.00. The quantitative estimate of drug-likeness (QED) is 0.681. The van der Waals surface area contributed by atoms with Crippen LogP contribution in [0, 0.1) is 11.3 Å². The molecule has 1 aromatic rings. The number of nitrogens with zero attached hydrogens (tertiary/aromatic N) is 1. The molecule has 0 aliphatic heterocycles. The molecule has 9 heteroatoms. The molecule has 0 unspecified atom stereocenters.